The molecule has 0 saturated carbocycles. The highest BCUT2D eigenvalue weighted by molar-refractivity contribution is 6.08. The Morgan fingerprint density at radius 2 is 1.70 bits per heavy atom. The first-order chi connectivity index (χ1) is 12.5. The van der Waals surface area contributed by atoms with Gasteiger partial charge in [-0.1, -0.05) is 11.6 Å². The van der Waals surface area contributed by atoms with Crippen molar-refractivity contribution in [2.24, 2.45) is 0 Å². The predicted octanol–water partition coefficient (Wildman–Crippen LogP) is 3.68. The first kappa shape index (κ1) is 20.0. The average molecular weight is 368 g/mol. The number of benzene rings is 2. The van der Waals surface area contributed by atoms with E-state index in [9.17, 15) is 9.59 Å². The summed E-state index contributed by atoms with van der Waals surface area (Å²) in [5, 5.41) is 13.1. The molecule has 0 aliphatic carbocycles. The van der Waals surface area contributed by atoms with Gasteiger partial charge in [-0.2, -0.15) is 0 Å². The molecule has 7 nitrogen and oxygen atoms in total. The van der Waals surface area contributed by atoms with Gasteiger partial charge in [0.1, 0.15) is 11.4 Å². The molecular weight excluding hydrogens is 344 g/mol. The van der Waals surface area contributed by atoms with Crippen LogP contribution < -0.4 is 16.4 Å². The van der Waals surface area contributed by atoms with E-state index in [-0.39, 0.29) is 11.7 Å². The van der Waals surface area contributed by atoms with E-state index in [1.54, 1.807) is 57.2 Å². The Morgan fingerprint density at radius 3 is 2.30 bits per heavy atom. The number of nitrogen functional groups attached to an aromatic ring is 1. The fourth-order valence-electron chi connectivity index (χ4n) is 2.26. The SMILES string of the molecule is Cc1ccc(N)c(C(=O)Nc2ccc(C(=N)NC(=O)OC(C)(C)C)cc2)c1. The van der Waals surface area contributed by atoms with Gasteiger partial charge in [-0.25, -0.2) is 4.79 Å². The molecule has 0 spiro atoms. The first-order valence-corrected chi connectivity index (χ1v) is 8.41. The van der Waals surface area contributed by atoms with Crippen LogP contribution in [-0.2, 0) is 4.74 Å². The number of alkyl carbamates (subject to hydrolysis) is 1. The van der Waals surface area contributed by atoms with Gasteiger partial charge >= 0.3 is 6.09 Å². The number of anilines is 2. The van der Waals surface area contributed by atoms with E-state index in [2.05, 4.69) is 10.6 Å². The molecule has 142 valence electrons. The van der Waals surface area contributed by atoms with Crippen LogP contribution in [0.4, 0.5) is 16.2 Å². The number of carbonyl (C=O) groups is 2. The van der Waals surface area contributed by atoms with E-state index < -0.39 is 11.7 Å². The Balaban J connectivity index is 2.02. The Hall–Kier alpha value is -3.35. The molecule has 7 heteroatoms. The smallest absolute Gasteiger partial charge is 0.413 e. The second kappa shape index (κ2) is 7.90. The molecule has 2 aromatic rings. The summed E-state index contributed by atoms with van der Waals surface area (Å²) >= 11 is 0. The minimum absolute atomic E-state index is 0.0925. The van der Waals surface area contributed by atoms with E-state index in [1.165, 1.54) is 0 Å². The standard InChI is InChI=1S/C20H24N4O3/c1-12-5-10-16(21)15(11-12)18(25)23-14-8-6-13(7-9-14)17(22)24-19(26)27-20(2,3)4/h5-11H,21H2,1-4H3,(H,23,25)(H2,22,24,26). The third-order valence-corrected chi connectivity index (χ3v) is 3.51. The van der Waals surface area contributed by atoms with Crippen molar-refractivity contribution in [2.45, 2.75) is 33.3 Å². The molecule has 0 fully saturated rings. The molecule has 0 atom stereocenters. The first-order valence-electron chi connectivity index (χ1n) is 8.41. The summed E-state index contributed by atoms with van der Waals surface area (Å²) in [4.78, 5) is 24.1. The summed E-state index contributed by atoms with van der Waals surface area (Å²) < 4.78 is 5.12. The molecule has 2 rings (SSSR count). The molecule has 0 unspecified atom stereocenters. The van der Waals surface area contributed by atoms with Crippen LogP contribution in [0.2, 0.25) is 0 Å². The van der Waals surface area contributed by atoms with Gasteiger partial charge in [-0.3, -0.25) is 15.5 Å². The number of amidine groups is 1. The lowest BCUT2D eigenvalue weighted by Gasteiger charge is -2.19. The van der Waals surface area contributed by atoms with Gasteiger partial charge in [0.05, 0.1) is 5.56 Å². The van der Waals surface area contributed by atoms with Gasteiger partial charge in [0.25, 0.3) is 5.91 Å². The molecule has 0 saturated heterocycles. The molecule has 0 aromatic heterocycles. The van der Waals surface area contributed by atoms with Crippen LogP contribution in [0.5, 0.6) is 0 Å². The lowest BCUT2D eigenvalue weighted by Crippen LogP contribution is -2.36. The van der Waals surface area contributed by atoms with Crippen molar-refractivity contribution in [3.05, 3.63) is 59.2 Å². The summed E-state index contributed by atoms with van der Waals surface area (Å²) in [6.07, 6.45) is -0.695. The van der Waals surface area contributed by atoms with Crippen molar-refractivity contribution >= 4 is 29.2 Å². The van der Waals surface area contributed by atoms with Crippen molar-refractivity contribution in [3.8, 4) is 0 Å². The van der Waals surface area contributed by atoms with Crippen molar-refractivity contribution in [3.63, 3.8) is 0 Å². The minimum Gasteiger partial charge on any atom is -0.444 e. The number of nitrogens with one attached hydrogen (secondary N) is 3. The molecule has 0 bridgehead atoms. The molecule has 2 aromatic carbocycles. The van der Waals surface area contributed by atoms with Gasteiger partial charge in [-0.15, -0.1) is 0 Å². The average Bonchev–Trinajstić information content (AvgIpc) is 2.55. The summed E-state index contributed by atoms with van der Waals surface area (Å²) in [5.41, 5.74) is 7.98. The molecular formula is C20H24N4O3. The highest BCUT2D eigenvalue weighted by Crippen LogP contribution is 2.17. The van der Waals surface area contributed by atoms with Crippen LogP contribution in [0.15, 0.2) is 42.5 Å². The Kier molecular flexibility index (Phi) is 5.85. The number of hydrogen-bond donors (Lipinski definition) is 4. The van der Waals surface area contributed by atoms with Crippen LogP contribution in [0, 0.1) is 12.3 Å². The lowest BCUT2D eigenvalue weighted by molar-refractivity contribution is 0.0563. The topological polar surface area (TPSA) is 117 Å². The summed E-state index contributed by atoms with van der Waals surface area (Å²) in [7, 11) is 0. The van der Waals surface area contributed by atoms with Crippen LogP contribution in [0.25, 0.3) is 0 Å². The van der Waals surface area contributed by atoms with Crippen molar-refractivity contribution in [1.29, 1.82) is 5.41 Å². The zero-order chi connectivity index (χ0) is 20.2. The van der Waals surface area contributed by atoms with Gasteiger partial charge in [0.15, 0.2) is 0 Å². The third kappa shape index (κ3) is 5.85. The maximum absolute atomic E-state index is 12.4. The van der Waals surface area contributed by atoms with Gasteiger partial charge in [-0.05, 0) is 64.1 Å². The van der Waals surface area contributed by atoms with Gasteiger partial charge < -0.3 is 15.8 Å². The fourth-order valence-corrected chi connectivity index (χ4v) is 2.26. The predicted molar refractivity (Wildman–Crippen MR) is 106 cm³/mol. The van der Waals surface area contributed by atoms with E-state index in [0.717, 1.165) is 5.56 Å². The quantitative estimate of drug-likeness (QED) is 0.375. The van der Waals surface area contributed by atoms with Crippen molar-refractivity contribution in [1.82, 2.24) is 5.32 Å². The monoisotopic (exact) mass is 368 g/mol. The number of hydrogen-bond acceptors (Lipinski definition) is 5. The highest BCUT2D eigenvalue weighted by Gasteiger charge is 2.17. The van der Waals surface area contributed by atoms with E-state index in [0.29, 0.717) is 22.5 Å². The second-order valence-electron chi connectivity index (χ2n) is 7.12. The van der Waals surface area contributed by atoms with Crippen LogP contribution in [0.1, 0.15) is 42.3 Å². The van der Waals surface area contributed by atoms with Crippen LogP contribution in [-0.4, -0.2) is 23.4 Å². The van der Waals surface area contributed by atoms with E-state index in [4.69, 9.17) is 15.9 Å². The molecule has 5 N–H and O–H groups in total. The van der Waals surface area contributed by atoms with Gasteiger partial charge in [0.2, 0.25) is 0 Å². The Labute approximate surface area is 158 Å². The van der Waals surface area contributed by atoms with Gasteiger partial charge in [0, 0.05) is 16.9 Å². The number of aryl methyl sites for hydroxylation is 1. The summed E-state index contributed by atoms with van der Waals surface area (Å²) in [5.74, 6) is -0.407. The molecule has 27 heavy (non-hydrogen) atoms. The summed E-state index contributed by atoms with van der Waals surface area (Å²) in [6, 6.07) is 11.8. The zero-order valence-corrected chi connectivity index (χ0v) is 15.8. The largest absolute Gasteiger partial charge is 0.444 e. The summed E-state index contributed by atoms with van der Waals surface area (Å²) in [6.45, 7) is 7.12. The van der Waals surface area contributed by atoms with E-state index in [1.807, 2.05) is 13.0 Å². The maximum atomic E-state index is 12.4. The molecule has 2 amide bonds. The number of ether oxygens (including phenoxy) is 1. The normalized spacial score (nSPS) is 10.8. The molecule has 0 aliphatic heterocycles. The lowest BCUT2D eigenvalue weighted by atomic mass is 10.1. The Morgan fingerprint density at radius 1 is 1.07 bits per heavy atom. The van der Waals surface area contributed by atoms with E-state index >= 15 is 0 Å². The number of rotatable bonds is 3. The molecule has 0 aliphatic rings. The number of amides is 2. The van der Waals surface area contributed by atoms with Crippen LogP contribution in [0.3, 0.4) is 0 Å². The fraction of sp³-hybridized carbons (Fsp3) is 0.250. The Bertz CT molecular complexity index is 868. The third-order valence-electron chi connectivity index (χ3n) is 3.51. The number of carbonyl (C=O) groups excluding carboxylic acids is 2. The minimum atomic E-state index is -0.695. The maximum Gasteiger partial charge on any atom is 0.413 e. The number of nitrogens with two attached hydrogens (primary N) is 1. The van der Waals surface area contributed by atoms with Crippen LogP contribution >= 0.6 is 0 Å². The highest BCUT2D eigenvalue weighted by atomic mass is 16.6. The van der Waals surface area contributed by atoms with Crippen molar-refractivity contribution < 1.29 is 14.3 Å². The van der Waals surface area contributed by atoms with Crippen molar-refractivity contribution in [2.75, 3.05) is 11.1 Å². The molecule has 0 radical (unpaired) electrons. The second-order valence-corrected chi connectivity index (χ2v) is 7.12. The zero-order valence-electron chi connectivity index (χ0n) is 15.8. The molecule has 0 heterocycles.